The smallest absolute Gasteiger partial charge is 0.224 e. The van der Waals surface area contributed by atoms with E-state index in [0.29, 0.717) is 17.4 Å². The largest absolute Gasteiger partial charge is 0.381 e. The van der Waals surface area contributed by atoms with Crippen LogP contribution in [0.25, 0.3) is 0 Å². The van der Waals surface area contributed by atoms with Gasteiger partial charge in [0.25, 0.3) is 0 Å². The number of nitrogens with zero attached hydrogens (tertiary/aromatic N) is 4. The number of fused-ring (bicyclic) bond motifs is 1. The summed E-state index contributed by atoms with van der Waals surface area (Å²) in [5.41, 5.74) is 1.07. The highest BCUT2D eigenvalue weighted by molar-refractivity contribution is 6.28. The summed E-state index contributed by atoms with van der Waals surface area (Å²) in [5.74, 6) is 0.975. The second-order valence-electron chi connectivity index (χ2n) is 5.32. The van der Waals surface area contributed by atoms with Crippen molar-refractivity contribution in [1.29, 1.82) is 0 Å². The summed E-state index contributed by atoms with van der Waals surface area (Å²) >= 11 is 5.93. The van der Waals surface area contributed by atoms with Gasteiger partial charge in [0.15, 0.2) is 5.82 Å². The highest BCUT2D eigenvalue weighted by Gasteiger charge is 2.33. The Kier molecular flexibility index (Phi) is 3.50. The van der Waals surface area contributed by atoms with E-state index in [1.54, 1.807) is 7.11 Å². The van der Waals surface area contributed by atoms with Gasteiger partial charge in [-0.1, -0.05) is 0 Å². The fraction of sp³-hybridized carbons (Fsp3) is 0.692. The average molecular weight is 283 g/mol. The minimum absolute atomic E-state index is 0.324. The number of halogens is 1. The van der Waals surface area contributed by atoms with E-state index >= 15 is 0 Å². The molecular weight excluding hydrogens is 264 g/mol. The fourth-order valence-corrected chi connectivity index (χ4v) is 3.21. The van der Waals surface area contributed by atoms with Crippen LogP contribution in [-0.4, -0.2) is 42.9 Å². The van der Waals surface area contributed by atoms with Crippen LogP contribution in [0.1, 0.15) is 25.7 Å². The molecule has 0 radical (unpaired) electrons. The maximum absolute atomic E-state index is 5.93. The van der Waals surface area contributed by atoms with Gasteiger partial charge in [-0.2, -0.15) is 4.98 Å². The standard InChI is InChI=1S/C13H19ClN4O/c1-17-8-18(9-3-5-10(19-2)6-4-9)12-11(17)7-15-13(14)16-12/h7,9-10H,3-6,8H2,1-2H3. The van der Waals surface area contributed by atoms with E-state index in [0.717, 1.165) is 43.9 Å². The monoisotopic (exact) mass is 282 g/mol. The van der Waals surface area contributed by atoms with E-state index in [-0.39, 0.29) is 0 Å². The topological polar surface area (TPSA) is 41.5 Å². The summed E-state index contributed by atoms with van der Waals surface area (Å²) in [5, 5.41) is 0.324. The summed E-state index contributed by atoms with van der Waals surface area (Å²) in [6, 6.07) is 0.529. The Morgan fingerprint density at radius 1 is 1.32 bits per heavy atom. The summed E-state index contributed by atoms with van der Waals surface area (Å²) in [6.07, 6.45) is 6.77. The van der Waals surface area contributed by atoms with Crippen molar-refractivity contribution in [3.8, 4) is 0 Å². The molecule has 0 bridgehead atoms. The van der Waals surface area contributed by atoms with Crippen LogP contribution in [0.3, 0.4) is 0 Å². The van der Waals surface area contributed by atoms with Gasteiger partial charge in [0.2, 0.25) is 5.28 Å². The third-order valence-corrected chi connectivity index (χ3v) is 4.37. The van der Waals surface area contributed by atoms with Crippen molar-refractivity contribution in [2.24, 2.45) is 0 Å². The summed E-state index contributed by atoms with van der Waals surface area (Å²) in [7, 11) is 3.87. The molecule has 1 aromatic rings. The van der Waals surface area contributed by atoms with Gasteiger partial charge in [-0.3, -0.25) is 0 Å². The first-order chi connectivity index (χ1) is 9.19. The molecule has 0 amide bonds. The lowest BCUT2D eigenvalue weighted by atomic mass is 9.92. The second-order valence-corrected chi connectivity index (χ2v) is 5.66. The Labute approximate surface area is 118 Å². The van der Waals surface area contributed by atoms with Crippen molar-refractivity contribution in [2.75, 3.05) is 30.6 Å². The zero-order valence-corrected chi connectivity index (χ0v) is 12.1. The van der Waals surface area contributed by atoms with E-state index < -0.39 is 0 Å². The second kappa shape index (κ2) is 5.13. The molecule has 1 fully saturated rings. The molecule has 104 valence electrons. The molecule has 0 saturated heterocycles. The van der Waals surface area contributed by atoms with Crippen LogP contribution in [0.4, 0.5) is 11.5 Å². The predicted octanol–water partition coefficient (Wildman–Crippen LogP) is 2.30. The lowest BCUT2D eigenvalue weighted by Crippen LogP contribution is -2.41. The van der Waals surface area contributed by atoms with E-state index in [1.807, 2.05) is 6.20 Å². The molecule has 0 N–H and O–H groups in total. The fourth-order valence-electron chi connectivity index (χ4n) is 3.08. The Hall–Kier alpha value is -1.07. The van der Waals surface area contributed by atoms with Gasteiger partial charge < -0.3 is 14.5 Å². The van der Waals surface area contributed by atoms with Gasteiger partial charge in [0, 0.05) is 20.2 Å². The Balaban J connectivity index is 1.79. The summed E-state index contributed by atoms with van der Waals surface area (Å²) < 4.78 is 5.44. The molecule has 3 rings (SSSR count). The number of anilines is 2. The third kappa shape index (κ3) is 2.37. The first-order valence-electron chi connectivity index (χ1n) is 6.72. The Morgan fingerprint density at radius 2 is 2.05 bits per heavy atom. The van der Waals surface area contributed by atoms with Crippen LogP contribution in [0.2, 0.25) is 5.28 Å². The SMILES string of the molecule is COC1CCC(N2CN(C)c3cnc(Cl)nc32)CC1. The molecule has 19 heavy (non-hydrogen) atoms. The Bertz CT molecular complexity index is 462. The zero-order chi connectivity index (χ0) is 13.4. The quantitative estimate of drug-likeness (QED) is 0.779. The maximum atomic E-state index is 5.93. The van der Waals surface area contributed by atoms with Crippen LogP contribution in [0.15, 0.2) is 6.20 Å². The number of rotatable bonds is 2. The molecule has 1 aliphatic carbocycles. The lowest BCUT2D eigenvalue weighted by Gasteiger charge is -2.34. The van der Waals surface area contributed by atoms with Crippen molar-refractivity contribution >= 4 is 23.1 Å². The maximum Gasteiger partial charge on any atom is 0.224 e. The van der Waals surface area contributed by atoms with Crippen molar-refractivity contribution in [3.05, 3.63) is 11.5 Å². The molecular formula is C13H19ClN4O. The van der Waals surface area contributed by atoms with Gasteiger partial charge in [-0.15, -0.1) is 0 Å². The minimum atomic E-state index is 0.324. The van der Waals surface area contributed by atoms with Crippen LogP contribution in [0.5, 0.6) is 0 Å². The lowest BCUT2D eigenvalue weighted by molar-refractivity contribution is 0.0656. The van der Waals surface area contributed by atoms with Gasteiger partial charge >= 0.3 is 0 Å². The zero-order valence-electron chi connectivity index (χ0n) is 11.3. The number of aromatic nitrogens is 2. The summed E-state index contributed by atoms with van der Waals surface area (Å²) in [4.78, 5) is 13.0. The highest BCUT2D eigenvalue weighted by atomic mass is 35.5. The number of methoxy groups -OCH3 is 1. The van der Waals surface area contributed by atoms with Crippen molar-refractivity contribution in [2.45, 2.75) is 37.8 Å². The van der Waals surface area contributed by atoms with Crippen LogP contribution < -0.4 is 9.80 Å². The molecule has 2 aliphatic rings. The first kappa shape index (κ1) is 12.9. The van der Waals surface area contributed by atoms with Crippen LogP contribution in [-0.2, 0) is 4.74 Å². The Morgan fingerprint density at radius 3 is 2.74 bits per heavy atom. The van der Waals surface area contributed by atoms with E-state index in [4.69, 9.17) is 16.3 Å². The van der Waals surface area contributed by atoms with Crippen LogP contribution in [0, 0.1) is 0 Å². The minimum Gasteiger partial charge on any atom is -0.381 e. The van der Waals surface area contributed by atoms with Gasteiger partial charge in [0.1, 0.15) is 0 Å². The average Bonchev–Trinajstić information content (AvgIpc) is 2.75. The number of hydrogen-bond acceptors (Lipinski definition) is 5. The normalized spacial score (nSPS) is 26.7. The third-order valence-electron chi connectivity index (χ3n) is 4.19. The molecule has 0 unspecified atom stereocenters. The van der Waals surface area contributed by atoms with E-state index in [1.165, 1.54) is 0 Å². The molecule has 1 aliphatic heterocycles. The molecule has 2 heterocycles. The van der Waals surface area contributed by atoms with Gasteiger partial charge in [0.05, 0.1) is 24.7 Å². The van der Waals surface area contributed by atoms with E-state index in [2.05, 4.69) is 26.8 Å². The number of hydrogen-bond donors (Lipinski definition) is 0. The molecule has 1 aromatic heterocycles. The summed E-state index contributed by atoms with van der Waals surface area (Å²) in [6.45, 7) is 0.868. The molecule has 6 heteroatoms. The van der Waals surface area contributed by atoms with E-state index in [9.17, 15) is 0 Å². The van der Waals surface area contributed by atoms with Gasteiger partial charge in [-0.25, -0.2) is 4.98 Å². The molecule has 0 atom stereocenters. The molecule has 0 spiro atoms. The molecule has 5 nitrogen and oxygen atoms in total. The first-order valence-corrected chi connectivity index (χ1v) is 7.10. The molecule has 1 saturated carbocycles. The van der Waals surface area contributed by atoms with Crippen molar-refractivity contribution in [3.63, 3.8) is 0 Å². The van der Waals surface area contributed by atoms with Crippen molar-refractivity contribution < 1.29 is 4.74 Å². The number of ether oxygens (including phenoxy) is 1. The van der Waals surface area contributed by atoms with Crippen LogP contribution >= 0.6 is 11.6 Å². The van der Waals surface area contributed by atoms with Crippen molar-refractivity contribution in [1.82, 2.24) is 9.97 Å². The molecule has 0 aromatic carbocycles. The predicted molar refractivity (Wildman–Crippen MR) is 75.8 cm³/mol. The van der Waals surface area contributed by atoms with Gasteiger partial charge in [-0.05, 0) is 37.3 Å². The highest BCUT2D eigenvalue weighted by Crippen LogP contribution is 2.37.